The number of carboxylic acids is 2. The lowest BCUT2D eigenvalue weighted by molar-refractivity contribution is -0.142. The topological polar surface area (TPSA) is 212 Å². The lowest BCUT2D eigenvalue weighted by Crippen LogP contribution is -2.52. The first kappa shape index (κ1) is 45.0. The predicted octanol–water partition coefficient (Wildman–Crippen LogP) is 2.69. The fraction of sp³-hybridized carbons (Fsp3) is 0.615. The number of rotatable bonds is 26. The molecule has 0 aliphatic carbocycles. The highest BCUT2D eigenvalue weighted by Gasteiger charge is 2.39. The average molecular weight is 913 g/mol. The zero-order chi connectivity index (χ0) is 36.3. The molecule has 0 heterocycles. The minimum absolute atomic E-state index is 0.0516. The first-order chi connectivity index (χ1) is 22.7. The normalized spacial score (nSPS) is 14.0. The molecule has 5 N–H and O–H groups in total. The van der Waals surface area contributed by atoms with Crippen molar-refractivity contribution in [1.29, 1.82) is 0 Å². The van der Waals surface area contributed by atoms with E-state index in [1.807, 2.05) is 0 Å². The van der Waals surface area contributed by atoms with Crippen molar-refractivity contribution in [1.82, 2.24) is 23.5 Å². The van der Waals surface area contributed by atoms with Crippen molar-refractivity contribution in [3.8, 4) is 0 Å². The third kappa shape index (κ3) is 15.5. The summed E-state index contributed by atoms with van der Waals surface area (Å²) in [4.78, 5) is 49.4. The number of amides is 2. The number of nitrogens with zero attached hydrogens (tertiary/aromatic N) is 2. The molecule has 0 fully saturated rings. The summed E-state index contributed by atoms with van der Waals surface area (Å²) in [5.41, 5.74) is 0.185. The summed E-state index contributed by atoms with van der Waals surface area (Å²) in [5, 5.41) is 23.5. The van der Waals surface area contributed by atoms with Crippen molar-refractivity contribution in [2.45, 2.75) is 31.0 Å². The summed E-state index contributed by atoms with van der Waals surface area (Å²) >= 11 is 25.3. The van der Waals surface area contributed by atoms with E-state index in [1.165, 1.54) is 21.5 Å². The van der Waals surface area contributed by atoms with Crippen LogP contribution in [0.2, 0.25) is 0 Å². The van der Waals surface area contributed by atoms with E-state index in [0.29, 0.717) is 0 Å². The van der Waals surface area contributed by atoms with Gasteiger partial charge in [0.25, 0.3) is 0 Å². The number of alkyl halides is 4. The Hall–Kier alpha value is -0.990. The fourth-order valence-corrected chi connectivity index (χ4v) is 9.87. The van der Waals surface area contributed by atoms with Crippen LogP contribution in [0.15, 0.2) is 30.3 Å². The van der Waals surface area contributed by atoms with Crippen LogP contribution in [0.5, 0.6) is 0 Å². The first-order valence-corrected chi connectivity index (χ1v) is 20.9. The number of hydrogen-bond acceptors (Lipinski definition) is 9. The molecule has 3 atom stereocenters. The molecule has 1 rings (SSSR count). The number of hydrogen-bond donors (Lipinski definition) is 5. The van der Waals surface area contributed by atoms with E-state index < -0.39 is 83.9 Å². The minimum atomic E-state index is -4.28. The van der Waals surface area contributed by atoms with E-state index in [4.69, 9.17) is 50.9 Å². The van der Waals surface area contributed by atoms with Crippen LogP contribution < -0.4 is 14.2 Å². The van der Waals surface area contributed by atoms with Crippen molar-refractivity contribution in [3.63, 3.8) is 0 Å². The number of sulfone groups is 1. The van der Waals surface area contributed by atoms with Gasteiger partial charge in [0.05, 0.1) is 18.1 Å². The van der Waals surface area contributed by atoms with Gasteiger partial charge in [-0.25, -0.2) is 26.1 Å². The second-order valence-corrected chi connectivity index (χ2v) is 16.7. The molecule has 0 saturated heterocycles. The molecule has 0 aliphatic heterocycles. The summed E-state index contributed by atoms with van der Waals surface area (Å²) < 4.78 is 51.9. The Labute approximate surface area is 313 Å². The molecule has 48 heavy (non-hydrogen) atoms. The quantitative estimate of drug-likeness (QED) is 0.0393. The summed E-state index contributed by atoms with van der Waals surface area (Å²) in [7, 11) is -8.25. The molecular formula is C26H39Cl4IN5O10PS. The van der Waals surface area contributed by atoms with Gasteiger partial charge in [0, 0.05) is 79.0 Å². The van der Waals surface area contributed by atoms with Crippen molar-refractivity contribution < 1.29 is 46.9 Å². The van der Waals surface area contributed by atoms with Gasteiger partial charge in [0.2, 0.25) is 11.8 Å². The van der Waals surface area contributed by atoms with E-state index in [1.54, 1.807) is 41.1 Å². The highest BCUT2D eigenvalue weighted by Crippen LogP contribution is 2.54. The van der Waals surface area contributed by atoms with Crippen LogP contribution >= 0.6 is 76.9 Å². The van der Waals surface area contributed by atoms with Crippen molar-refractivity contribution in [3.05, 3.63) is 35.9 Å². The van der Waals surface area contributed by atoms with Crippen molar-refractivity contribution in [2.75, 3.05) is 67.8 Å². The summed E-state index contributed by atoms with van der Waals surface area (Å²) in [6.45, 7) is -0.302. The monoisotopic (exact) mass is 911 g/mol. The number of aliphatic carboxylic acids is 2. The molecule has 0 bridgehead atoms. The molecule has 2 amide bonds. The van der Waals surface area contributed by atoms with Gasteiger partial charge in [-0.2, -0.15) is 0 Å². The maximum absolute atomic E-state index is 14.2. The summed E-state index contributed by atoms with van der Waals surface area (Å²) in [6, 6.07) is 3.12. The molecule has 0 spiro atoms. The smallest absolute Gasteiger partial charge is 0.346 e. The molecule has 0 aromatic heterocycles. The van der Waals surface area contributed by atoms with Crippen LogP contribution in [-0.2, 0) is 38.1 Å². The second-order valence-electron chi connectivity index (χ2n) is 9.95. The number of nitrogens with one attached hydrogen (secondary N) is 3. The molecule has 22 heteroatoms. The van der Waals surface area contributed by atoms with Crippen molar-refractivity contribution in [2.24, 2.45) is 0 Å². The lowest BCUT2D eigenvalue weighted by atomic mass is 10.1. The van der Waals surface area contributed by atoms with Crippen LogP contribution in [0.4, 0.5) is 0 Å². The number of carboxylic acid groups (broad SMARTS) is 2. The van der Waals surface area contributed by atoms with Gasteiger partial charge in [-0.1, -0.05) is 30.3 Å². The van der Waals surface area contributed by atoms with E-state index in [0.717, 1.165) is 0 Å². The second kappa shape index (κ2) is 23.5. The molecule has 15 nitrogen and oxygen atoms in total. The number of carbonyl (C=O) groups excluding carboxylic acids is 2. The molecular weight excluding hydrogens is 874 g/mol. The van der Waals surface area contributed by atoms with Gasteiger partial charge in [-0.15, -0.1) is 46.4 Å². The Bertz CT molecular complexity index is 1310. The lowest BCUT2D eigenvalue weighted by Gasteiger charge is -2.37. The van der Waals surface area contributed by atoms with E-state index >= 15 is 0 Å². The molecule has 0 aliphatic rings. The maximum atomic E-state index is 14.2. The van der Waals surface area contributed by atoms with E-state index in [9.17, 15) is 42.4 Å². The average Bonchev–Trinajstić information content (AvgIpc) is 3.03. The Balaban J connectivity index is 3.28. The summed E-state index contributed by atoms with van der Waals surface area (Å²) in [6.07, 6.45) is -0.601. The Kier molecular flexibility index (Phi) is 22.0. The third-order valence-corrected chi connectivity index (χ3v) is 12.4. The molecule has 0 unspecified atom stereocenters. The standard InChI is InChI=1S/C26H39Cl4IN5O10PS/c27-8-12-35(13-9-28)47(43,36(14-10-29)15-11-30)46-16-17-48(44,45)18-21(32-22(37)7-6-20(34-31)25(39)40)24(38)33-23(26(41)42)19-4-2-1-3-5-19/h1-5,20-21,23,34H,6-18H2,(H,32,37)(H,33,38)(H,39,40)(H,41,42)/t20-,21-,23+/m0/s1. The van der Waals surface area contributed by atoms with Gasteiger partial charge in [-0.05, 0) is 12.0 Å². The van der Waals surface area contributed by atoms with E-state index in [-0.39, 0.29) is 61.7 Å². The van der Waals surface area contributed by atoms with Gasteiger partial charge in [-0.3, -0.25) is 18.9 Å². The highest BCUT2D eigenvalue weighted by atomic mass is 127. The van der Waals surface area contributed by atoms with Gasteiger partial charge < -0.3 is 25.4 Å². The predicted molar refractivity (Wildman–Crippen MR) is 193 cm³/mol. The first-order valence-electron chi connectivity index (χ1n) is 14.4. The van der Waals surface area contributed by atoms with Crippen LogP contribution in [0.25, 0.3) is 0 Å². The molecule has 0 radical (unpaired) electrons. The largest absolute Gasteiger partial charge is 0.480 e. The molecule has 274 valence electrons. The van der Waals surface area contributed by atoms with Crippen LogP contribution in [0, 0.1) is 0 Å². The Morgan fingerprint density at radius 3 is 1.81 bits per heavy atom. The Morgan fingerprint density at radius 2 is 1.38 bits per heavy atom. The van der Waals surface area contributed by atoms with Crippen molar-refractivity contribution >= 4 is 111 Å². The summed E-state index contributed by atoms with van der Waals surface area (Å²) in [5.74, 6) is -6.20. The number of benzene rings is 1. The fourth-order valence-electron chi connectivity index (χ4n) is 4.21. The van der Waals surface area contributed by atoms with Gasteiger partial charge in [0.15, 0.2) is 15.9 Å². The van der Waals surface area contributed by atoms with E-state index in [2.05, 4.69) is 14.2 Å². The zero-order valence-electron chi connectivity index (χ0n) is 25.6. The van der Waals surface area contributed by atoms with Crippen LogP contribution in [-0.4, -0.2) is 132 Å². The Morgan fingerprint density at radius 1 is 0.854 bits per heavy atom. The van der Waals surface area contributed by atoms with Crippen LogP contribution in [0.3, 0.4) is 0 Å². The van der Waals surface area contributed by atoms with Gasteiger partial charge >= 0.3 is 19.6 Å². The number of halogens is 5. The zero-order valence-corrected chi connectivity index (χ0v) is 32.5. The number of carbonyl (C=O) groups is 4. The highest BCUT2D eigenvalue weighted by molar-refractivity contribution is 14.1. The van der Waals surface area contributed by atoms with Crippen LogP contribution in [0.1, 0.15) is 24.4 Å². The molecule has 1 aromatic rings. The molecule has 0 saturated carbocycles. The molecule has 1 aromatic carbocycles. The van der Waals surface area contributed by atoms with Gasteiger partial charge in [0.1, 0.15) is 12.1 Å². The third-order valence-electron chi connectivity index (χ3n) is 6.57. The maximum Gasteiger partial charge on any atom is 0.346 e. The minimum Gasteiger partial charge on any atom is -0.480 e. The SMILES string of the molecule is O=C(CC[C@H](NI)C(=O)O)N[C@@H](CS(=O)(=O)CCOP(=O)(N(CCCl)CCCl)N(CCCl)CCCl)C(=O)N[C@@H](C(=O)O)c1ccccc1.